The fourth-order valence-corrected chi connectivity index (χ4v) is 8.80. The van der Waals surface area contributed by atoms with Crippen LogP contribution in [0.25, 0.3) is 22.3 Å². The summed E-state index contributed by atoms with van der Waals surface area (Å²) in [7, 11) is 0. The van der Waals surface area contributed by atoms with Crippen LogP contribution in [-0.4, -0.2) is 126 Å². The molecule has 0 aliphatic carbocycles. The Labute approximate surface area is 405 Å². The molecular weight excluding hydrogens is 964 g/mol. The number of rotatable bonds is 16. The van der Waals surface area contributed by atoms with Crippen molar-refractivity contribution in [2.24, 2.45) is 5.92 Å². The molecule has 20 nitrogen and oxygen atoms in total. The van der Waals surface area contributed by atoms with Crippen LogP contribution >= 0.6 is 15.9 Å². The zero-order valence-corrected chi connectivity index (χ0v) is 40.6. The lowest BCUT2D eigenvalue weighted by molar-refractivity contribution is -0.241. The standard InChI is InChI=1S/C48H57BrN6O14/c1-7-48(65)31-17-34-39-29(19-55(34)44(62)30(31)21-67-46(48)63)27(28-10-8-9-11-32(28)51-39)14-15-54(24(4)5)47(64)68-20-26-12-13-33(36(16-26)69-45-41(59)40(58)35(56)22-66-45)52-42(60)25(6)50-43(61)38(23(2)3)53-37(57)18-49/h8-13,16-17,23-25,35,38,40-41,45,56,58-59,65H,7,14-15,18-22H2,1-6H3,(H,50,61)(H,52,60)(H,53,57)/t25-,35?,38-,40?,41?,45?,48-/m0/s1. The number of amides is 4. The highest BCUT2D eigenvalue weighted by molar-refractivity contribution is 9.09. The van der Waals surface area contributed by atoms with Gasteiger partial charge < -0.3 is 64.8 Å². The van der Waals surface area contributed by atoms with Crippen LogP contribution < -0.4 is 26.2 Å². The number of halogens is 1. The first kappa shape index (κ1) is 50.9. The third-order valence-corrected chi connectivity index (χ3v) is 13.2. The minimum Gasteiger partial charge on any atom is -0.460 e. The van der Waals surface area contributed by atoms with Gasteiger partial charge in [0, 0.05) is 29.1 Å². The molecule has 69 heavy (non-hydrogen) atoms. The number of para-hydroxylation sites is 1. The SMILES string of the molecule is CC[C@@]1(O)C(=O)OCc2c1cc1n(c2=O)Cc2c-1nc1ccccc1c2CCN(C(=O)OCc1ccc(NC(=O)[C@H](C)NC(=O)[C@@H](NC(=O)CBr)C(C)C)c(OC2OCC(O)C(O)C2O)c1)C(C)C. The van der Waals surface area contributed by atoms with Crippen molar-refractivity contribution < 1.29 is 63.3 Å². The summed E-state index contributed by atoms with van der Waals surface area (Å²) >= 11 is 3.06. The van der Waals surface area contributed by atoms with E-state index in [-0.39, 0.29) is 79.2 Å². The summed E-state index contributed by atoms with van der Waals surface area (Å²) in [6, 6.07) is 11.3. The number of cyclic esters (lactones) is 1. The zero-order chi connectivity index (χ0) is 50.1. The van der Waals surface area contributed by atoms with E-state index < -0.39 is 77.6 Å². The number of carbonyl (C=O) groups is 5. The number of benzene rings is 2. The van der Waals surface area contributed by atoms with E-state index in [9.17, 15) is 49.2 Å². The predicted octanol–water partition coefficient (Wildman–Crippen LogP) is 2.47. The lowest BCUT2D eigenvalue weighted by Crippen LogP contribution is -2.55. The summed E-state index contributed by atoms with van der Waals surface area (Å²) in [4.78, 5) is 85.8. The third-order valence-electron chi connectivity index (χ3n) is 12.7. The van der Waals surface area contributed by atoms with Crippen LogP contribution in [0.4, 0.5) is 10.5 Å². The number of aliphatic hydroxyl groups excluding tert-OH is 3. The number of aliphatic hydroxyl groups is 4. The van der Waals surface area contributed by atoms with Gasteiger partial charge in [0.25, 0.3) is 5.56 Å². The summed E-state index contributed by atoms with van der Waals surface area (Å²) in [5.41, 5.74) is 1.75. The number of hydrogen-bond acceptors (Lipinski definition) is 15. The van der Waals surface area contributed by atoms with Gasteiger partial charge in [0.15, 0.2) is 5.60 Å². The molecule has 4 amide bonds. The van der Waals surface area contributed by atoms with Gasteiger partial charge in [-0.1, -0.05) is 61.0 Å². The monoisotopic (exact) mass is 1020 g/mol. The van der Waals surface area contributed by atoms with Gasteiger partial charge in [0.1, 0.15) is 49.4 Å². The first-order valence-electron chi connectivity index (χ1n) is 22.7. The van der Waals surface area contributed by atoms with E-state index in [1.165, 1.54) is 19.1 Å². The van der Waals surface area contributed by atoms with Gasteiger partial charge in [0.2, 0.25) is 24.0 Å². The van der Waals surface area contributed by atoms with Crippen molar-refractivity contribution in [2.75, 3.05) is 23.8 Å². The van der Waals surface area contributed by atoms with E-state index in [1.54, 1.807) is 42.4 Å². The van der Waals surface area contributed by atoms with E-state index in [0.717, 1.165) is 16.5 Å². The number of anilines is 1. The van der Waals surface area contributed by atoms with Crippen LogP contribution in [0.15, 0.2) is 53.3 Å². The molecule has 2 aromatic carbocycles. The highest BCUT2D eigenvalue weighted by Gasteiger charge is 2.46. The Morgan fingerprint density at radius 3 is 2.42 bits per heavy atom. The molecule has 4 unspecified atom stereocenters. The Bertz CT molecular complexity index is 2710. The second kappa shape index (κ2) is 20.9. The normalized spacial score (nSPS) is 21.4. The number of fused-ring (bicyclic) bond motifs is 5. The smallest absolute Gasteiger partial charge is 0.410 e. The van der Waals surface area contributed by atoms with Crippen molar-refractivity contribution in [1.29, 1.82) is 0 Å². The molecule has 0 bridgehead atoms. The molecule has 4 aromatic rings. The predicted molar refractivity (Wildman–Crippen MR) is 252 cm³/mol. The summed E-state index contributed by atoms with van der Waals surface area (Å²) in [6.07, 6.45) is -6.50. The first-order valence-corrected chi connectivity index (χ1v) is 23.8. The van der Waals surface area contributed by atoms with Gasteiger partial charge in [-0.15, -0.1) is 0 Å². The third kappa shape index (κ3) is 10.3. The van der Waals surface area contributed by atoms with E-state index in [1.807, 2.05) is 38.1 Å². The topological polar surface area (TPSA) is 277 Å². The molecule has 370 valence electrons. The summed E-state index contributed by atoms with van der Waals surface area (Å²) < 4.78 is 24.1. The number of ether oxygens (including phenoxy) is 4. The van der Waals surface area contributed by atoms with Crippen LogP contribution in [0, 0.1) is 5.92 Å². The molecule has 7 rings (SSSR count). The zero-order valence-electron chi connectivity index (χ0n) is 39.0. The van der Waals surface area contributed by atoms with Crippen molar-refractivity contribution in [3.05, 3.63) is 86.7 Å². The fraction of sp³-hybridized carbons (Fsp3) is 0.479. The second-order valence-corrected chi connectivity index (χ2v) is 18.5. The van der Waals surface area contributed by atoms with Crippen LogP contribution in [0.3, 0.4) is 0 Å². The van der Waals surface area contributed by atoms with Crippen LogP contribution in [-0.2, 0) is 65.2 Å². The van der Waals surface area contributed by atoms with Gasteiger partial charge in [-0.3, -0.25) is 19.2 Å². The minimum absolute atomic E-state index is 0.00420. The molecule has 7 atom stereocenters. The molecule has 1 saturated heterocycles. The molecule has 3 aliphatic heterocycles. The summed E-state index contributed by atoms with van der Waals surface area (Å²) in [6.45, 7) is 9.70. The number of aromatic nitrogens is 2. The Kier molecular flexibility index (Phi) is 15.4. The van der Waals surface area contributed by atoms with Gasteiger partial charge in [-0.05, 0) is 74.9 Å². The number of esters is 1. The Hall–Kier alpha value is -5.97. The molecule has 3 aliphatic rings. The largest absolute Gasteiger partial charge is 0.460 e. The Morgan fingerprint density at radius 1 is 0.986 bits per heavy atom. The molecule has 5 heterocycles. The molecule has 7 N–H and O–H groups in total. The van der Waals surface area contributed by atoms with E-state index in [2.05, 4.69) is 31.9 Å². The average molecular weight is 1020 g/mol. The summed E-state index contributed by atoms with van der Waals surface area (Å²) in [5.74, 6) is -2.85. The van der Waals surface area contributed by atoms with E-state index in [4.69, 9.17) is 23.9 Å². The molecule has 0 spiro atoms. The van der Waals surface area contributed by atoms with E-state index in [0.29, 0.717) is 28.9 Å². The maximum absolute atomic E-state index is 14.0. The minimum atomic E-state index is -1.98. The van der Waals surface area contributed by atoms with Crippen molar-refractivity contribution in [3.63, 3.8) is 0 Å². The molecular formula is C48H57BrN6O14. The Morgan fingerprint density at radius 2 is 1.72 bits per heavy atom. The fourth-order valence-electron chi connectivity index (χ4n) is 8.64. The highest BCUT2D eigenvalue weighted by Crippen LogP contribution is 2.40. The number of hydrogen-bond donors (Lipinski definition) is 7. The van der Waals surface area contributed by atoms with Crippen molar-refractivity contribution >= 4 is 62.3 Å². The maximum Gasteiger partial charge on any atom is 0.410 e. The van der Waals surface area contributed by atoms with Crippen LogP contribution in [0.2, 0.25) is 0 Å². The van der Waals surface area contributed by atoms with Gasteiger partial charge in [-0.2, -0.15) is 0 Å². The number of carbonyl (C=O) groups excluding carboxylic acids is 5. The molecule has 1 fully saturated rings. The summed E-state index contributed by atoms with van der Waals surface area (Å²) in [5, 5.41) is 51.2. The second-order valence-electron chi connectivity index (χ2n) is 18.0. The number of nitrogens with zero attached hydrogens (tertiary/aromatic N) is 3. The number of pyridine rings is 2. The molecule has 0 radical (unpaired) electrons. The molecule has 2 aromatic heterocycles. The maximum atomic E-state index is 14.0. The first-order chi connectivity index (χ1) is 32.8. The van der Waals surface area contributed by atoms with Crippen molar-refractivity contribution in [3.8, 4) is 17.1 Å². The van der Waals surface area contributed by atoms with Gasteiger partial charge in [-0.25, -0.2) is 14.6 Å². The van der Waals surface area contributed by atoms with Gasteiger partial charge >= 0.3 is 12.1 Å². The van der Waals surface area contributed by atoms with Gasteiger partial charge in [0.05, 0.1) is 46.6 Å². The Balaban J connectivity index is 1.10. The van der Waals surface area contributed by atoms with Crippen molar-refractivity contribution in [1.82, 2.24) is 25.1 Å². The van der Waals surface area contributed by atoms with Crippen molar-refractivity contribution in [2.45, 2.75) is 122 Å². The average Bonchev–Trinajstić information content (AvgIpc) is 3.69. The number of nitrogens with one attached hydrogen (secondary N) is 3. The van der Waals surface area contributed by atoms with Crippen LogP contribution in [0.5, 0.6) is 5.75 Å². The highest BCUT2D eigenvalue weighted by atomic mass is 79.9. The lowest BCUT2D eigenvalue weighted by Gasteiger charge is -2.35. The van der Waals surface area contributed by atoms with Crippen LogP contribution in [0.1, 0.15) is 75.8 Å². The lowest BCUT2D eigenvalue weighted by atomic mass is 9.86. The quantitative estimate of drug-likeness (QED) is 0.0553. The number of alkyl halides is 1. The molecule has 0 saturated carbocycles. The van der Waals surface area contributed by atoms with E-state index >= 15 is 0 Å². The molecule has 21 heteroatoms.